The Bertz CT molecular complexity index is 6650. The largest absolute Gasteiger partial charge is 0.501 e. The molecule has 18 heteroatoms. The van der Waals surface area contributed by atoms with Gasteiger partial charge in [-0.15, -0.1) is 161 Å². The van der Waals surface area contributed by atoms with Crippen LogP contribution >= 0.6 is 0 Å². The van der Waals surface area contributed by atoms with Gasteiger partial charge in [0.05, 0.1) is 41.1 Å². The van der Waals surface area contributed by atoms with Crippen LogP contribution in [0.25, 0.3) is 134 Å². The van der Waals surface area contributed by atoms with Crippen molar-refractivity contribution in [3.63, 3.8) is 0 Å². The van der Waals surface area contributed by atoms with Crippen molar-refractivity contribution in [1.82, 2.24) is 44.9 Å². The van der Waals surface area contributed by atoms with Gasteiger partial charge in [0.15, 0.2) is 0 Å². The molecule has 0 N–H and O–H groups in total. The summed E-state index contributed by atoms with van der Waals surface area (Å²) in [6, 6.07) is 82.6. The summed E-state index contributed by atoms with van der Waals surface area (Å²) in [7, 11) is -4.23. The number of hydrogen-bond donors (Lipinski definition) is 0. The van der Waals surface area contributed by atoms with Crippen LogP contribution in [0.15, 0.2) is 257 Å². The molecule has 0 unspecified atom stereocenters. The second kappa shape index (κ2) is 41.7. The number of aryl methyl sites for hydroxylation is 6. The number of benzene rings is 6. The number of fused-ring (bicyclic) bond motifs is 9. The first-order valence-corrected chi connectivity index (χ1v) is 50.8. The molecule has 0 spiro atoms. The van der Waals surface area contributed by atoms with E-state index in [0.717, 1.165) is 152 Å². The Morgan fingerprint density at radius 2 is 0.877 bits per heavy atom. The molecule has 3 radical (unpaired) electrons. The van der Waals surface area contributed by atoms with Crippen LogP contribution in [0.5, 0.6) is 0 Å². The van der Waals surface area contributed by atoms with Crippen LogP contribution in [0, 0.1) is 89.8 Å². The molecule has 0 saturated heterocycles. The van der Waals surface area contributed by atoms with Crippen LogP contribution in [0.1, 0.15) is 80.8 Å². The zero-order chi connectivity index (χ0) is 89.3. The Morgan fingerprint density at radius 3 is 1.38 bits per heavy atom. The fourth-order valence-electron chi connectivity index (χ4n) is 14.0. The van der Waals surface area contributed by atoms with Crippen molar-refractivity contribution in [2.75, 3.05) is 0 Å². The molecular weight excluding hydrogens is 2080 g/mol. The maximum atomic E-state index is 7.23. The van der Waals surface area contributed by atoms with E-state index >= 15 is 0 Å². The second-order valence-corrected chi connectivity index (χ2v) is 49.0. The molecule has 0 aliphatic carbocycles. The SMILES string of the molecule is C[Si](C)(C)c1ccc(-c2[c-]ccc3c2oc2ccccc23)nc1.Cc1cc2c(oc3n[c-]c(-c4cc(CC(C)C)c([Si](C)(C)C)cn4)cc32)c(C)n1.Cc1ccc(-c2[c-]cccc2)nc1.Cc1ccc2c(n1)oc1c[c-]c(-c3cc(CC(C)C)c([Si](C)(C)C)cn3)cc12.[2H]C([2H])([2H])c1ccc(-c2[c-]cccc2)nc1.[2H]C([2H])([2H])c1ccc(-c2[c-]cccc2)nc1.[Ir].[Ir].[Ir]. The molecule has 0 atom stereocenters. The van der Waals surface area contributed by atoms with Crippen molar-refractivity contribution in [1.29, 1.82) is 0 Å². The molecule has 0 saturated carbocycles. The Labute approximate surface area is 771 Å². The summed E-state index contributed by atoms with van der Waals surface area (Å²) in [5.74, 6) is 1.21. The van der Waals surface area contributed by atoms with E-state index in [1.165, 1.54) is 44.6 Å². The van der Waals surface area contributed by atoms with Crippen LogP contribution in [0.2, 0.25) is 58.9 Å². The standard InChI is InChI=1S/C24H28N3OSi.C24H27N2OSi.C20H18NOSi.3C12H10N.3Ir/c1-14(2)8-17-11-21(25-13-22(17)29(5,6)7)18-10-20-19-9-15(3)27-16(4)23(19)28-24(20)26-12-18;1-15(2)11-18-13-21(25-14-23(18)28(4,5)6)17-8-10-22-20(12-17)19-9-7-16(3)26-24(19)27-22;1-23(2,3)14-11-12-18(21-13-14)17-9-6-8-16-15-7-4-5-10-19(15)22-20(16)17;3*1-10-7-8-12(13-9-10)11-5-3-2-4-6-11;;;/h9-11,13-14H,8H2,1-7H3;7,9-10,12-15H,11H2,1-6H3;4-8,10-13H,1-3H3;3*2-5,7-9H,1H3;;;/q6*-1;;;/i;;;2*1D3;;;;. The third kappa shape index (κ3) is 23.7. The molecule has 0 aliphatic rings. The minimum absolute atomic E-state index is 0. The summed E-state index contributed by atoms with van der Waals surface area (Å²) >= 11 is 0. The normalized spacial score (nSPS) is 12.2. The van der Waals surface area contributed by atoms with Gasteiger partial charge in [0.25, 0.3) is 0 Å². The number of furan rings is 3. The van der Waals surface area contributed by atoms with Crippen LogP contribution < -0.4 is 15.6 Å². The second-order valence-electron chi connectivity index (χ2n) is 33.8. The smallest absolute Gasteiger partial charge is 0.216 e. The van der Waals surface area contributed by atoms with Crippen LogP contribution in [-0.2, 0) is 73.2 Å². The van der Waals surface area contributed by atoms with Gasteiger partial charge in [-0.25, -0.2) is 4.98 Å². The van der Waals surface area contributed by atoms with Crippen LogP contribution in [0.4, 0.5) is 0 Å². The van der Waals surface area contributed by atoms with Crippen molar-refractivity contribution >= 4 is 106 Å². The molecule has 122 heavy (non-hydrogen) atoms. The van der Waals surface area contributed by atoms with Gasteiger partial charge in [-0.1, -0.05) is 193 Å². The van der Waals surface area contributed by atoms with Crippen molar-refractivity contribution in [3.05, 3.63) is 325 Å². The fourth-order valence-corrected chi connectivity index (χ4v) is 18.2. The quantitative estimate of drug-likeness (QED) is 0.0797. The number of hydrogen-bond acceptors (Lipinski definition) is 12. The first kappa shape index (κ1) is 85.2. The summed E-state index contributed by atoms with van der Waals surface area (Å²) in [5.41, 5.74) is 22.9. The minimum atomic E-state index is -2.09. The monoisotopic (exact) mass is 2190 g/mol. The predicted molar refractivity (Wildman–Crippen MR) is 501 cm³/mol. The van der Waals surface area contributed by atoms with Gasteiger partial charge >= 0.3 is 0 Å². The van der Waals surface area contributed by atoms with Gasteiger partial charge in [0.1, 0.15) is 16.9 Å². The van der Waals surface area contributed by atoms with Crippen molar-refractivity contribution in [2.24, 2.45) is 11.8 Å². The summed E-state index contributed by atoms with van der Waals surface area (Å²) in [5, 5.41) is 10.7. The number of pyridine rings is 9. The zero-order valence-electron chi connectivity index (χ0n) is 77.9. The summed E-state index contributed by atoms with van der Waals surface area (Å²) < 4.78 is 61.3. The van der Waals surface area contributed by atoms with Gasteiger partial charge in [0.2, 0.25) is 5.71 Å². The minimum Gasteiger partial charge on any atom is -0.501 e. The van der Waals surface area contributed by atoms with E-state index in [9.17, 15) is 0 Å². The summed E-state index contributed by atoms with van der Waals surface area (Å²) in [4.78, 5) is 40.4. The third-order valence-electron chi connectivity index (χ3n) is 20.0. The van der Waals surface area contributed by atoms with E-state index in [2.05, 4.69) is 237 Å². The number of nitrogens with zero attached hydrogens (tertiary/aromatic N) is 9. The molecule has 0 amide bonds. The topological polar surface area (TPSA) is 155 Å². The molecule has 18 rings (SSSR count). The maximum absolute atomic E-state index is 7.23. The first-order valence-electron chi connectivity index (χ1n) is 43.3. The van der Waals surface area contributed by atoms with E-state index in [1.807, 2.05) is 143 Å². The van der Waals surface area contributed by atoms with E-state index < -0.39 is 37.9 Å². The number of para-hydroxylation sites is 1. The van der Waals surface area contributed by atoms with Crippen LogP contribution in [0.3, 0.4) is 0 Å². The molecule has 12 aromatic heterocycles. The van der Waals surface area contributed by atoms with Gasteiger partial charge in [0, 0.05) is 133 Å². The molecule has 0 bridgehead atoms. The average Bonchev–Trinajstić information content (AvgIpc) is 1.61. The zero-order valence-corrected chi connectivity index (χ0v) is 82.1. The maximum Gasteiger partial charge on any atom is 0.216 e. The molecule has 0 fully saturated rings. The van der Waals surface area contributed by atoms with Crippen molar-refractivity contribution in [3.8, 4) is 67.5 Å². The Kier molecular flexibility index (Phi) is 29.1. The molecule has 627 valence electrons. The van der Waals surface area contributed by atoms with Gasteiger partial charge in [-0.05, 0) is 168 Å². The van der Waals surface area contributed by atoms with E-state index in [1.54, 1.807) is 36.4 Å². The molecule has 12 heterocycles. The molecule has 0 aliphatic heterocycles. The predicted octanol–water partition coefficient (Wildman–Crippen LogP) is 25.1. The van der Waals surface area contributed by atoms with Gasteiger partial charge < -0.3 is 48.1 Å². The van der Waals surface area contributed by atoms with E-state index in [-0.39, 0.29) is 71.4 Å². The van der Waals surface area contributed by atoms with Crippen molar-refractivity contribution in [2.45, 2.75) is 141 Å². The Balaban J connectivity index is 0.000000163. The fraction of sp³-hybridized carbons (Fsp3) is 0.221. The Morgan fingerprint density at radius 1 is 0.361 bits per heavy atom. The molecule has 18 aromatic rings. The van der Waals surface area contributed by atoms with Crippen molar-refractivity contribution < 1.29 is 81.8 Å². The number of rotatable bonds is 13. The Hall–Kier alpha value is -10.3. The third-order valence-corrected chi connectivity index (χ3v) is 26.1. The first-order chi connectivity index (χ1) is 59.4. The number of aromatic nitrogens is 9. The molecule has 6 aromatic carbocycles. The average molecular weight is 2190 g/mol. The van der Waals surface area contributed by atoms with Crippen LogP contribution in [-0.4, -0.2) is 69.1 Å². The summed E-state index contributed by atoms with van der Waals surface area (Å²) in [6.07, 6.45) is 16.1. The van der Waals surface area contributed by atoms with E-state index in [0.29, 0.717) is 23.3 Å². The molecule has 12 nitrogen and oxygen atoms in total. The summed E-state index contributed by atoms with van der Waals surface area (Å²) in [6.45, 7) is 34.2. The molecular formula is C104H103Ir3N9O3Si3-6. The van der Waals surface area contributed by atoms with Gasteiger partial charge in [-0.2, -0.15) is 0 Å². The van der Waals surface area contributed by atoms with Gasteiger partial charge in [-0.3, -0.25) is 4.98 Å². The van der Waals surface area contributed by atoms with E-state index in [4.69, 9.17) is 31.4 Å².